The molecule has 9 nitrogen and oxygen atoms in total. The van der Waals surface area contributed by atoms with Crippen LogP contribution in [0.1, 0.15) is 19.1 Å². The molecule has 0 unspecified atom stereocenters. The summed E-state index contributed by atoms with van der Waals surface area (Å²) in [5.74, 6) is -0.514. The van der Waals surface area contributed by atoms with Gasteiger partial charge >= 0.3 is 6.61 Å². The monoisotopic (exact) mass is 539 g/mol. The molecule has 192 valence electrons. The fraction of sp³-hybridized carbons (Fsp3) is 0.348. The van der Waals surface area contributed by atoms with Crippen molar-refractivity contribution in [3.63, 3.8) is 0 Å². The predicted molar refractivity (Wildman–Crippen MR) is 132 cm³/mol. The van der Waals surface area contributed by atoms with Crippen molar-refractivity contribution in [3.8, 4) is 5.75 Å². The number of carbonyl (C=O) groups is 2. The van der Waals surface area contributed by atoms with Crippen molar-refractivity contribution in [2.45, 2.75) is 26.0 Å². The van der Waals surface area contributed by atoms with E-state index in [2.05, 4.69) is 9.73 Å². The lowest BCUT2D eigenvalue weighted by atomic mass is 10.2. The summed E-state index contributed by atoms with van der Waals surface area (Å²) in [5.41, 5.74) is 0.416. The van der Waals surface area contributed by atoms with Gasteiger partial charge in [0, 0.05) is 18.7 Å². The standard InChI is InChI=1S/C23H23F2N3O6S2/c1-2-27(16-9-11-36(31,32)14-16)20(29)13-35-23-26-19(12-18-4-3-10-33-18)21(30)28(23)15-5-7-17(8-6-15)34-22(24)25/h3-8,10,12,16,22H,2,9,11,13-14H2,1H3/b19-12-/t16-/m0/s1. The molecule has 1 atom stereocenters. The number of thioether (sulfide) groups is 1. The molecular formula is C23H23F2N3O6S2. The number of anilines is 1. The number of nitrogens with zero attached hydrogens (tertiary/aromatic N) is 3. The van der Waals surface area contributed by atoms with E-state index in [1.165, 1.54) is 46.4 Å². The summed E-state index contributed by atoms with van der Waals surface area (Å²) in [6, 6.07) is 8.40. The summed E-state index contributed by atoms with van der Waals surface area (Å²) in [6.45, 7) is -0.852. The molecule has 13 heteroatoms. The van der Waals surface area contributed by atoms with Crippen LogP contribution in [0.15, 0.2) is 57.8 Å². The number of hydrogen-bond acceptors (Lipinski definition) is 8. The van der Waals surface area contributed by atoms with Crippen LogP contribution in [-0.2, 0) is 19.4 Å². The van der Waals surface area contributed by atoms with Gasteiger partial charge in [0.25, 0.3) is 5.91 Å². The lowest BCUT2D eigenvalue weighted by molar-refractivity contribution is -0.129. The van der Waals surface area contributed by atoms with E-state index in [9.17, 15) is 26.8 Å². The number of sulfone groups is 1. The van der Waals surface area contributed by atoms with E-state index in [1.807, 2.05) is 0 Å². The molecule has 0 N–H and O–H groups in total. The second kappa shape index (κ2) is 10.8. The van der Waals surface area contributed by atoms with E-state index in [4.69, 9.17) is 4.42 Å². The van der Waals surface area contributed by atoms with Crippen molar-refractivity contribution < 1.29 is 35.9 Å². The average Bonchev–Trinajstić information content (AvgIpc) is 3.54. The SMILES string of the molecule is CCN(C(=O)CSC1=N/C(=C\c2ccco2)C(=O)N1c1ccc(OC(F)F)cc1)[C@H]1CCS(=O)(=O)C1. The summed E-state index contributed by atoms with van der Waals surface area (Å²) < 4.78 is 58.4. The second-order valence-electron chi connectivity index (χ2n) is 7.98. The first-order valence-electron chi connectivity index (χ1n) is 11.0. The normalized spacial score (nSPS) is 20.3. The first kappa shape index (κ1) is 25.9. The van der Waals surface area contributed by atoms with Crippen LogP contribution < -0.4 is 9.64 Å². The van der Waals surface area contributed by atoms with Crippen LogP contribution in [0.5, 0.6) is 5.75 Å². The predicted octanol–water partition coefficient (Wildman–Crippen LogP) is 3.39. The van der Waals surface area contributed by atoms with Crippen molar-refractivity contribution in [1.29, 1.82) is 0 Å². The Hall–Kier alpha value is -3.19. The van der Waals surface area contributed by atoms with E-state index < -0.39 is 22.4 Å². The number of furan rings is 1. The number of benzene rings is 1. The summed E-state index contributed by atoms with van der Waals surface area (Å²) in [7, 11) is -3.16. The van der Waals surface area contributed by atoms with E-state index >= 15 is 0 Å². The Bertz CT molecular complexity index is 1280. The Balaban J connectivity index is 1.55. The third kappa shape index (κ3) is 5.95. The maximum atomic E-state index is 13.2. The van der Waals surface area contributed by atoms with Gasteiger partial charge in [0.2, 0.25) is 5.91 Å². The number of amidine groups is 1. The average molecular weight is 540 g/mol. The zero-order valence-corrected chi connectivity index (χ0v) is 20.8. The minimum Gasteiger partial charge on any atom is -0.465 e. The molecule has 0 radical (unpaired) electrons. The summed E-state index contributed by atoms with van der Waals surface area (Å²) in [4.78, 5) is 33.4. The molecule has 1 aromatic heterocycles. The molecule has 0 spiro atoms. The minimum absolute atomic E-state index is 0.0514. The van der Waals surface area contributed by atoms with Gasteiger partial charge in [-0.15, -0.1) is 0 Å². The maximum absolute atomic E-state index is 13.2. The molecule has 1 aromatic carbocycles. The molecule has 3 heterocycles. The van der Waals surface area contributed by atoms with Gasteiger partial charge in [-0.05, 0) is 49.7 Å². The number of hydrogen-bond donors (Lipinski definition) is 0. The van der Waals surface area contributed by atoms with Gasteiger partial charge in [0.1, 0.15) is 17.2 Å². The number of amides is 2. The minimum atomic E-state index is -3.16. The van der Waals surface area contributed by atoms with Crippen LogP contribution in [0.3, 0.4) is 0 Å². The van der Waals surface area contributed by atoms with Gasteiger partial charge in [0.05, 0.1) is 29.2 Å². The molecule has 2 aliphatic rings. The molecule has 0 saturated carbocycles. The highest BCUT2D eigenvalue weighted by molar-refractivity contribution is 8.14. The fourth-order valence-corrected chi connectivity index (χ4v) is 6.60. The van der Waals surface area contributed by atoms with Gasteiger partial charge in [0.15, 0.2) is 15.0 Å². The molecule has 4 rings (SSSR count). The molecule has 36 heavy (non-hydrogen) atoms. The van der Waals surface area contributed by atoms with Crippen LogP contribution in [-0.4, -0.2) is 66.8 Å². The van der Waals surface area contributed by atoms with Crippen LogP contribution in [0, 0.1) is 0 Å². The highest BCUT2D eigenvalue weighted by Crippen LogP contribution is 2.31. The van der Waals surface area contributed by atoms with Gasteiger partial charge in [-0.25, -0.2) is 13.4 Å². The van der Waals surface area contributed by atoms with E-state index in [1.54, 1.807) is 19.1 Å². The van der Waals surface area contributed by atoms with Crippen molar-refractivity contribution in [2.24, 2.45) is 4.99 Å². The molecule has 2 aromatic rings. The quantitative estimate of drug-likeness (QED) is 0.473. The van der Waals surface area contributed by atoms with Gasteiger partial charge in [-0.1, -0.05) is 11.8 Å². The highest BCUT2D eigenvalue weighted by atomic mass is 32.2. The smallest absolute Gasteiger partial charge is 0.387 e. The van der Waals surface area contributed by atoms with Crippen molar-refractivity contribution in [2.75, 3.05) is 28.7 Å². The Labute approximate surface area is 210 Å². The molecule has 2 aliphatic heterocycles. The lowest BCUT2D eigenvalue weighted by Gasteiger charge is -2.27. The first-order chi connectivity index (χ1) is 17.2. The molecule has 0 bridgehead atoms. The van der Waals surface area contributed by atoms with Crippen molar-refractivity contribution in [3.05, 3.63) is 54.1 Å². The molecule has 1 saturated heterocycles. The lowest BCUT2D eigenvalue weighted by Crippen LogP contribution is -2.42. The number of aliphatic imine (C=N–C) groups is 1. The van der Waals surface area contributed by atoms with Crippen LogP contribution in [0.25, 0.3) is 6.08 Å². The van der Waals surface area contributed by atoms with Gasteiger partial charge in [-0.2, -0.15) is 8.78 Å². The Morgan fingerprint density at radius 2 is 2.08 bits per heavy atom. The van der Waals surface area contributed by atoms with E-state index in [-0.39, 0.29) is 45.8 Å². The Morgan fingerprint density at radius 3 is 2.67 bits per heavy atom. The number of halogens is 2. The Morgan fingerprint density at radius 1 is 1.33 bits per heavy atom. The van der Waals surface area contributed by atoms with Gasteiger partial charge in [-0.3, -0.25) is 14.5 Å². The van der Waals surface area contributed by atoms with Crippen LogP contribution in [0.2, 0.25) is 0 Å². The number of carbonyl (C=O) groups excluding carboxylic acids is 2. The number of alkyl halides is 2. The molecular weight excluding hydrogens is 516 g/mol. The molecule has 1 fully saturated rings. The zero-order valence-electron chi connectivity index (χ0n) is 19.2. The summed E-state index contributed by atoms with van der Waals surface area (Å²) >= 11 is 1.02. The third-order valence-electron chi connectivity index (χ3n) is 5.61. The maximum Gasteiger partial charge on any atom is 0.387 e. The van der Waals surface area contributed by atoms with Gasteiger partial charge < -0.3 is 14.1 Å². The first-order valence-corrected chi connectivity index (χ1v) is 13.8. The molecule has 0 aliphatic carbocycles. The zero-order chi connectivity index (χ0) is 25.9. The summed E-state index contributed by atoms with van der Waals surface area (Å²) in [5, 5.41) is 0.212. The van der Waals surface area contributed by atoms with E-state index in [0.29, 0.717) is 24.4 Å². The number of rotatable bonds is 8. The summed E-state index contributed by atoms with van der Waals surface area (Å²) in [6.07, 6.45) is 3.30. The Kier molecular flexibility index (Phi) is 7.79. The van der Waals surface area contributed by atoms with Crippen molar-refractivity contribution >= 4 is 50.3 Å². The van der Waals surface area contributed by atoms with Crippen LogP contribution >= 0.6 is 11.8 Å². The molecule has 2 amide bonds. The van der Waals surface area contributed by atoms with Crippen LogP contribution in [0.4, 0.5) is 14.5 Å². The third-order valence-corrected chi connectivity index (χ3v) is 8.28. The van der Waals surface area contributed by atoms with Crippen molar-refractivity contribution in [1.82, 2.24) is 4.90 Å². The fourth-order valence-electron chi connectivity index (χ4n) is 3.97. The second-order valence-corrected chi connectivity index (χ2v) is 11.1. The highest BCUT2D eigenvalue weighted by Gasteiger charge is 2.36. The number of ether oxygens (including phenoxy) is 1. The van der Waals surface area contributed by atoms with E-state index in [0.717, 1.165) is 11.8 Å². The topological polar surface area (TPSA) is 109 Å². The largest absolute Gasteiger partial charge is 0.465 e.